The highest BCUT2D eigenvalue weighted by Gasteiger charge is 2.33. The van der Waals surface area contributed by atoms with Crippen molar-refractivity contribution in [2.45, 2.75) is 13.1 Å². The Morgan fingerprint density at radius 3 is 2.35 bits per heavy atom. The van der Waals surface area contributed by atoms with Crippen LogP contribution >= 0.6 is 11.6 Å². The van der Waals surface area contributed by atoms with Crippen molar-refractivity contribution >= 4 is 27.3 Å². The summed E-state index contributed by atoms with van der Waals surface area (Å²) in [4.78, 5) is 25.2. The van der Waals surface area contributed by atoms with E-state index in [-0.39, 0.29) is 27.1 Å². The fourth-order valence-electron chi connectivity index (χ4n) is 1.90. The fraction of sp³-hybridized carbons (Fsp3) is 0.231. The fourth-order valence-corrected chi connectivity index (χ4v) is 2.80. The molecule has 2 N–H and O–H groups in total. The minimum Gasteiger partial charge on any atom is -0.303 e. The van der Waals surface area contributed by atoms with Gasteiger partial charge in [0.05, 0.1) is 22.2 Å². The number of aromatic amines is 1. The predicted octanol–water partition coefficient (Wildman–Crippen LogP) is 2.10. The van der Waals surface area contributed by atoms with E-state index in [9.17, 15) is 35.6 Å². The van der Waals surface area contributed by atoms with E-state index in [1.165, 1.54) is 11.9 Å². The maximum absolute atomic E-state index is 14.1. The molecule has 0 radical (unpaired) electrons. The van der Waals surface area contributed by atoms with Gasteiger partial charge >= 0.3 is 11.9 Å². The minimum atomic E-state index is -4.99. The number of H-pyrrole nitrogens is 1. The van der Waals surface area contributed by atoms with Gasteiger partial charge in [0.15, 0.2) is 0 Å². The highest BCUT2D eigenvalue weighted by atomic mass is 35.5. The molecule has 0 bridgehead atoms. The van der Waals surface area contributed by atoms with Crippen molar-refractivity contribution in [1.29, 1.82) is 0 Å². The van der Waals surface area contributed by atoms with Crippen molar-refractivity contribution in [2.75, 3.05) is 10.5 Å². The average molecular weight is 416 g/mol. The summed E-state index contributed by atoms with van der Waals surface area (Å²) in [6.45, 7) is 1.31. The van der Waals surface area contributed by atoms with Gasteiger partial charge in [0.1, 0.15) is 11.5 Å². The first-order valence-electron chi connectivity index (χ1n) is 6.79. The van der Waals surface area contributed by atoms with E-state index in [1.54, 1.807) is 0 Å². The lowest BCUT2D eigenvalue weighted by atomic mass is 10.2. The summed E-state index contributed by atoms with van der Waals surface area (Å²) in [5, 5.41) is -0.375. The van der Waals surface area contributed by atoms with Gasteiger partial charge in [0.2, 0.25) is 10.0 Å². The second kappa shape index (κ2) is 6.76. The van der Waals surface area contributed by atoms with Crippen LogP contribution in [-0.2, 0) is 16.2 Å². The maximum Gasteiger partial charge on any atom is 0.431 e. The van der Waals surface area contributed by atoms with Gasteiger partial charge in [-0.1, -0.05) is 11.6 Å². The highest BCUT2D eigenvalue weighted by molar-refractivity contribution is 7.92. The van der Waals surface area contributed by atoms with Gasteiger partial charge in [-0.15, -0.1) is 0 Å². The lowest BCUT2D eigenvalue weighted by molar-refractivity contribution is -0.141. The number of sulfonamides is 1. The lowest BCUT2D eigenvalue weighted by Crippen LogP contribution is -2.36. The largest absolute Gasteiger partial charge is 0.431 e. The third-order valence-corrected chi connectivity index (χ3v) is 4.76. The van der Waals surface area contributed by atoms with Crippen LogP contribution in [0.25, 0.3) is 5.69 Å². The second-order valence-electron chi connectivity index (χ2n) is 4.95. The van der Waals surface area contributed by atoms with Crippen LogP contribution in [0.5, 0.6) is 0 Å². The van der Waals surface area contributed by atoms with E-state index in [0.29, 0.717) is 6.07 Å². The Kier molecular flexibility index (Phi) is 5.19. The Labute approximate surface area is 148 Å². The SMILES string of the molecule is CCS(=O)(=O)Nc1cc(-n2c(=O)cc(C(F)(F)F)[nH]c2=O)c(F)cc1Cl. The molecule has 13 heteroatoms. The van der Waals surface area contributed by atoms with E-state index in [1.807, 2.05) is 4.72 Å². The minimum absolute atomic E-state index is 0.0747. The number of halogens is 5. The number of benzene rings is 1. The Morgan fingerprint density at radius 2 is 1.85 bits per heavy atom. The number of hydrogen-bond donors (Lipinski definition) is 2. The third kappa shape index (κ3) is 4.07. The number of alkyl halides is 3. The topological polar surface area (TPSA) is 101 Å². The van der Waals surface area contributed by atoms with E-state index >= 15 is 0 Å². The van der Waals surface area contributed by atoms with Crippen LogP contribution in [0.15, 0.2) is 27.8 Å². The Balaban J connectivity index is 2.70. The van der Waals surface area contributed by atoms with Crippen molar-refractivity contribution in [1.82, 2.24) is 9.55 Å². The first-order chi connectivity index (χ1) is 11.9. The average Bonchev–Trinajstić information content (AvgIpc) is 2.49. The smallest absolute Gasteiger partial charge is 0.303 e. The molecule has 0 saturated carbocycles. The summed E-state index contributed by atoms with van der Waals surface area (Å²) in [6.07, 6.45) is -4.99. The van der Waals surface area contributed by atoms with Crippen LogP contribution in [0, 0.1) is 5.82 Å². The number of anilines is 1. The molecule has 1 aromatic carbocycles. The van der Waals surface area contributed by atoms with Gasteiger partial charge in [0.25, 0.3) is 5.56 Å². The van der Waals surface area contributed by atoms with E-state index in [2.05, 4.69) is 0 Å². The number of nitrogens with one attached hydrogen (secondary N) is 2. The summed E-state index contributed by atoms with van der Waals surface area (Å²) < 4.78 is 77.3. The maximum atomic E-state index is 14.1. The first kappa shape index (κ1) is 20.0. The Bertz CT molecular complexity index is 1050. The zero-order valence-corrected chi connectivity index (χ0v) is 14.4. The van der Waals surface area contributed by atoms with Gasteiger partial charge in [-0.25, -0.2) is 22.2 Å². The molecule has 7 nitrogen and oxygen atoms in total. The second-order valence-corrected chi connectivity index (χ2v) is 7.37. The molecule has 1 heterocycles. The summed E-state index contributed by atoms with van der Waals surface area (Å²) >= 11 is 5.73. The summed E-state index contributed by atoms with van der Waals surface area (Å²) in [5.41, 5.74) is -5.76. The standard InChI is InChI=1S/C13H10ClF4N3O4S/c1-2-26(24,25)20-8-4-9(7(15)3-6(8)14)21-11(22)5-10(13(16,17)18)19-12(21)23/h3-5,20H,2H2,1H3,(H,19,23). The van der Waals surface area contributed by atoms with Crippen molar-refractivity contribution in [3.05, 3.63) is 55.6 Å². The highest BCUT2D eigenvalue weighted by Crippen LogP contribution is 2.28. The Hall–Kier alpha value is -2.34. The quantitative estimate of drug-likeness (QED) is 0.747. The molecule has 1 aromatic heterocycles. The van der Waals surface area contributed by atoms with Crippen LogP contribution in [0.4, 0.5) is 23.2 Å². The molecule has 0 fully saturated rings. The molecule has 0 aliphatic carbocycles. The van der Waals surface area contributed by atoms with Crippen LogP contribution < -0.4 is 16.0 Å². The molecular formula is C13H10ClF4N3O4S. The Morgan fingerprint density at radius 1 is 1.23 bits per heavy atom. The van der Waals surface area contributed by atoms with E-state index in [4.69, 9.17) is 11.6 Å². The molecule has 0 amide bonds. The predicted molar refractivity (Wildman–Crippen MR) is 85.7 cm³/mol. The van der Waals surface area contributed by atoms with Crippen molar-refractivity contribution in [2.24, 2.45) is 0 Å². The number of nitrogens with zero attached hydrogens (tertiary/aromatic N) is 1. The zero-order valence-electron chi connectivity index (χ0n) is 12.8. The molecule has 0 aliphatic rings. The van der Waals surface area contributed by atoms with Gasteiger partial charge in [0, 0.05) is 6.07 Å². The molecule has 2 rings (SSSR count). The van der Waals surface area contributed by atoms with Crippen molar-refractivity contribution in [3.8, 4) is 5.69 Å². The summed E-state index contributed by atoms with van der Waals surface area (Å²) in [7, 11) is -3.83. The third-order valence-electron chi connectivity index (χ3n) is 3.16. The molecule has 142 valence electrons. The molecule has 0 unspecified atom stereocenters. The molecule has 0 saturated heterocycles. The van der Waals surface area contributed by atoms with Gasteiger partial charge in [-0.3, -0.25) is 9.52 Å². The van der Waals surface area contributed by atoms with E-state index in [0.717, 1.165) is 6.07 Å². The monoisotopic (exact) mass is 415 g/mol. The van der Waals surface area contributed by atoms with Crippen LogP contribution in [0.1, 0.15) is 12.6 Å². The van der Waals surface area contributed by atoms with Crippen molar-refractivity contribution < 1.29 is 26.0 Å². The van der Waals surface area contributed by atoms with Crippen molar-refractivity contribution in [3.63, 3.8) is 0 Å². The van der Waals surface area contributed by atoms with Crippen LogP contribution in [0.3, 0.4) is 0 Å². The summed E-state index contributed by atoms with van der Waals surface area (Å²) in [5.74, 6) is -1.57. The molecule has 26 heavy (non-hydrogen) atoms. The van der Waals surface area contributed by atoms with Gasteiger partial charge in [-0.05, 0) is 19.1 Å². The van der Waals surface area contributed by atoms with Crippen LogP contribution in [0.2, 0.25) is 5.02 Å². The molecule has 2 aromatic rings. The normalized spacial score (nSPS) is 12.2. The molecule has 0 spiro atoms. The molecule has 0 atom stereocenters. The number of aromatic nitrogens is 2. The number of rotatable bonds is 4. The van der Waals surface area contributed by atoms with E-state index < -0.39 is 44.6 Å². The van der Waals surface area contributed by atoms with Gasteiger partial charge in [-0.2, -0.15) is 13.2 Å². The zero-order chi connectivity index (χ0) is 19.9. The first-order valence-corrected chi connectivity index (χ1v) is 8.82. The molecular weight excluding hydrogens is 406 g/mol. The van der Waals surface area contributed by atoms with Gasteiger partial charge < -0.3 is 4.98 Å². The van der Waals surface area contributed by atoms with Crippen LogP contribution in [-0.4, -0.2) is 23.7 Å². The molecule has 0 aliphatic heterocycles. The lowest BCUT2D eigenvalue weighted by Gasteiger charge is -2.13. The summed E-state index contributed by atoms with van der Waals surface area (Å²) in [6, 6.07) is 1.42. The number of hydrogen-bond acceptors (Lipinski definition) is 4.